The molecule has 0 amide bonds. The van der Waals surface area contributed by atoms with Crippen LogP contribution in [0.15, 0.2) is 22.7 Å². The van der Waals surface area contributed by atoms with Gasteiger partial charge in [-0.25, -0.2) is 0 Å². The summed E-state index contributed by atoms with van der Waals surface area (Å²) in [6.07, 6.45) is 1.61. The Bertz CT molecular complexity index is 505. The molecule has 90 valence electrons. The topological polar surface area (TPSA) is 64.9 Å². The van der Waals surface area contributed by atoms with Crippen LogP contribution in [0.5, 0.6) is 0 Å². The minimum atomic E-state index is 0.640. The molecule has 0 spiro atoms. The molecule has 0 saturated heterocycles. The van der Waals surface area contributed by atoms with Gasteiger partial charge in [0.2, 0.25) is 11.7 Å². The first-order chi connectivity index (χ1) is 8.20. The minimum Gasteiger partial charge on any atom is -0.339 e. The molecule has 2 aromatic rings. The van der Waals surface area contributed by atoms with E-state index in [0.717, 1.165) is 18.4 Å². The molecule has 1 aromatic carbocycles. The van der Waals surface area contributed by atoms with Gasteiger partial charge in [0.1, 0.15) is 0 Å². The van der Waals surface area contributed by atoms with Gasteiger partial charge in [0.15, 0.2) is 0 Å². The molecule has 0 radical (unpaired) electrons. The predicted molar refractivity (Wildman–Crippen MR) is 66.6 cm³/mol. The number of hydrogen-bond donors (Lipinski definition) is 1. The number of aryl methyl sites for hydroxylation is 3. The molecule has 0 aliphatic carbocycles. The van der Waals surface area contributed by atoms with E-state index < -0.39 is 0 Å². The van der Waals surface area contributed by atoms with Crippen molar-refractivity contribution in [1.29, 1.82) is 0 Å². The predicted octanol–water partition coefficient (Wildman–Crippen LogP) is 2.24. The van der Waals surface area contributed by atoms with Crippen LogP contribution in [-0.4, -0.2) is 16.7 Å². The van der Waals surface area contributed by atoms with Crippen LogP contribution in [0.25, 0.3) is 11.4 Å². The molecule has 0 bridgehead atoms. The highest BCUT2D eigenvalue weighted by atomic mass is 16.5. The lowest BCUT2D eigenvalue weighted by molar-refractivity contribution is 0.376. The van der Waals surface area contributed by atoms with E-state index in [2.05, 4.69) is 36.1 Å². The largest absolute Gasteiger partial charge is 0.339 e. The lowest BCUT2D eigenvalue weighted by atomic mass is 10.1. The van der Waals surface area contributed by atoms with Crippen molar-refractivity contribution in [3.8, 4) is 11.4 Å². The van der Waals surface area contributed by atoms with Gasteiger partial charge in [-0.2, -0.15) is 4.98 Å². The highest BCUT2D eigenvalue weighted by Gasteiger charge is 2.08. The smallest absolute Gasteiger partial charge is 0.227 e. The van der Waals surface area contributed by atoms with Gasteiger partial charge in [0.05, 0.1) is 0 Å². The van der Waals surface area contributed by atoms with E-state index in [-0.39, 0.29) is 0 Å². The van der Waals surface area contributed by atoms with Crippen molar-refractivity contribution < 1.29 is 4.52 Å². The van der Waals surface area contributed by atoms with Crippen molar-refractivity contribution in [3.63, 3.8) is 0 Å². The van der Waals surface area contributed by atoms with Crippen LogP contribution in [-0.2, 0) is 6.42 Å². The normalized spacial score (nSPS) is 10.8. The summed E-state index contributed by atoms with van der Waals surface area (Å²) in [6, 6.07) is 6.16. The number of nitrogens with two attached hydrogens (primary N) is 1. The molecule has 0 unspecified atom stereocenters. The van der Waals surface area contributed by atoms with E-state index in [9.17, 15) is 0 Å². The highest BCUT2D eigenvalue weighted by molar-refractivity contribution is 5.56. The summed E-state index contributed by atoms with van der Waals surface area (Å²) in [5, 5.41) is 3.98. The maximum absolute atomic E-state index is 5.44. The van der Waals surface area contributed by atoms with E-state index in [4.69, 9.17) is 10.3 Å². The van der Waals surface area contributed by atoms with E-state index in [1.807, 2.05) is 6.07 Å². The summed E-state index contributed by atoms with van der Waals surface area (Å²) in [7, 11) is 0. The van der Waals surface area contributed by atoms with Gasteiger partial charge in [-0.3, -0.25) is 0 Å². The fourth-order valence-corrected chi connectivity index (χ4v) is 1.61. The van der Waals surface area contributed by atoms with Crippen LogP contribution in [0.2, 0.25) is 0 Å². The third-order valence-electron chi connectivity index (χ3n) is 2.83. The monoisotopic (exact) mass is 231 g/mol. The third-order valence-corrected chi connectivity index (χ3v) is 2.83. The molecule has 2 rings (SSSR count). The third kappa shape index (κ3) is 2.71. The van der Waals surface area contributed by atoms with E-state index in [1.54, 1.807) is 0 Å². The van der Waals surface area contributed by atoms with Crippen LogP contribution in [0.3, 0.4) is 0 Å². The average molecular weight is 231 g/mol. The number of nitrogens with zero attached hydrogens (tertiary/aromatic N) is 2. The number of aromatic nitrogens is 2. The Kier molecular flexibility index (Phi) is 3.54. The highest BCUT2D eigenvalue weighted by Crippen LogP contribution is 2.19. The summed E-state index contributed by atoms with van der Waals surface area (Å²) < 4.78 is 5.17. The molecule has 1 heterocycles. The standard InChI is InChI=1S/C13H17N3O/c1-9-5-6-11(8-10(9)2)13-15-12(17-16-13)4-3-7-14/h5-6,8H,3-4,7,14H2,1-2H3. The van der Waals surface area contributed by atoms with Gasteiger partial charge in [0.25, 0.3) is 0 Å². The Balaban J connectivity index is 2.21. The molecule has 2 N–H and O–H groups in total. The quantitative estimate of drug-likeness (QED) is 0.876. The second kappa shape index (κ2) is 5.10. The Morgan fingerprint density at radius 2 is 2.06 bits per heavy atom. The van der Waals surface area contributed by atoms with E-state index in [0.29, 0.717) is 18.3 Å². The van der Waals surface area contributed by atoms with Gasteiger partial charge < -0.3 is 10.3 Å². The SMILES string of the molecule is Cc1ccc(-c2noc(CCCN)n2)cc1C. The molecule has 0 fully saturated rings. The molecule has 4 heteroatoms. The molecule has 4 nitrogen and oxygen atoms in total. The Morgan fingerprint density at radius 1 is 1.24 bits per heavy atom. The van der Waals surface area contributed by atoms with Crippen LogP contribution in [0.4, 0.5) is 0 Å². The summed E-state index contributed by atoms with van der Waals surface area (Å²) in [6.45, 7) is 4.80. The van der Waals surface area contributed by atoms with Crippen molar-refractivity contribution in [2.75, 3.05) is 6.54 Å². The molecule has 1 aromatic heterocycles. The number of rotatable bonds is 4. The Labute approximate surface area is 101 Å². The first-order valence-corrected chi connectivity index (χ1v) is 5.81. The van der Waals surface area contributed by atoms with Crippen molar-refractivity contribution in [3.05, 3.63) is 35.2 Å². The lowest BCUT2D eigenvalue weighted by Gasteiger charge is -2.00. The zero-order valence-corrected chi connectivity index (χ0v) is 10.2. The Morgan fingerprint density at radius 3 is 2.76 bits per heavy atom. The van der Waals surface area contributed by atoms with Crippen molar-refractivity contribution in [1.82, 2.24) is 10.1 Å². The second-order valence-electron chi connectivity index (χ2n) is 4.20. The minimum absolute atomic E-state index is 0.640. The van der Waals surface area contributed by atoms with E-state index >= 15 is 0 Å². The fourth-order valence-electron chi connectivity index (χ4n) is 1.61. The first-order valence-electron chi connectivity index (χ1n) is 5.81. The zero-order chi connectivity index (χ0) is 12.3. The van der Waals surface area contributed by atoms with Crippen LogP contribution < -0.4 is 5.73 Å². The number of benzene rings is 1. The summed E-state index contributed by atoms with van der Waals surface area (Å²) in [4.78, 5) is 4.36. The maximum atomic E-state index is 5.44. The Hall–Kier alpha value is -1.68. The molecule has 17 heavy (non-hydrogen) atoms. The van der Waals surface area contributed by atoms with Crippen LogP contribution in [0.1, 0.15) is 23.4 Å². The van der Waals surface area contributed by atoms with Gasteiger partial charge in [-0.15, -0.1) is 0 Å². The van der Waals surface area contributed by atoms with Crippen LogP contribution in [0, 0.1) is 13.8 Å². The van der Waals surface area contributed by atoms with Crippen molar-refractivity contribution >= 4 is 0 Å². The van der Waals surface area contributed by atoms with Gasteiger partial charge in [0, 0.05) is 12.0 Å². The molecule has 0 atom stereocenters. The van der Waals surface area contributed by atoms with E-state index in [1.165, 1.54) is 11.1 Å². The average Bonchev–Trinajstić information content (AvgIpc) is 2.79. The van der Waals surface area contributed by atoms with Crippen molar-refractivity contribution in [2.45, 2.75) is 26.7 Å². The van der Waals surface area contributed by atoms with Gasteiger partial charge in [-0.1, -0.05) is 17.3 Å². The summed E-state index contributed by atoms with van der Waals surface area (Å²) in [5.74, 6) is 1.31. The molecular weight excluding hydrogens is 214 g/mol. The zero-order valence-electron chi connectivity index (χ0n) is 10.2. The van der Waals surface area contributed by atoms with Crippen molar-refractivity contribution in [2.24, 2.45) is 5.73 Å². The summed E-state index contributed by atoms with van der Waals surface area (Å²) in [5.41, 5.74) is 8.93. The number of hydrogen-bond acceptors (Lipinski definition) is 4. The molecule has 0 saturated carbocycles. The van der Waals surface area contributed by atoms with Crippen LogP contribution >= 0.6 is 0 Å². The summed E-state index contributed by atoms with van der Waals surface area (Å²) >= 11 is 0. The second-order valence-corrected chi connectivity index (χ2v) is 4.20. The first kappa shape index (κ1) is 11.8. The fraction of sp³-hybridized carbons (Fsp3) is 0.385. The maximum Gasteiger partial charge on any atom is 0.227 e. The van der Waals surface area contributed by atoms with Gasteiger partial charge in [-0.05, 0) is 44.0 Å². The molecular formula is C13H17N3O. The lowest BCUT2D eigenvalue weighted by Crippen LogP contribution is -2.00. The molecule has 0 aliphatic rings. The van der Waals surface area contributed by atoms with Gasteiger partial charge >= 0.3 is 0 Å². The molecule has 0 aliphatic heterocycles.